The zero-order valence-electron chi connectivity index (χ0n) is 18.2. The molecule has 1 aromatic heterocycles. The second-order valence-electron chi connectivity index (χ2n) is 8.59. The molecule has 5 rings (SSSR count). The minimum Gasteiger partial charge on any atom is -0.506 e. The van der Waals surface area contributed by atoms with Crippen molar-refractivity contribution in [3.63, 3.8) is 0 Å². The Morgan fingerprint density at radius 1 is 1.12 bits per heavy atom. The Balaban J connectivity index is 1.74. The van der Waals surface area contributed by atoms with E-state index in [1.165, 1.54) is 0 Å². The van der Waals surface area contributed by atoms with Crippen LogP contribution in [-0.4, -0.2) is 29.7 Å². The number of aromatic nitrogens is 1. The number of pyridine rings is 1. The predicted octanol–water partition coefficient (Wildman–Crippen LogP) is 5.50. The first-order chi connectivity index (χ1) is 16.0. The van der Waals surface area contributed by atoms with Crippen molar-refractivity contribution in [3.8, 4) is 34.1 Å². The molecule has 33 heavy (non-hydrogen) atoms. The molecular weight excluding hydrogens is 432 g/mol. The number of halogens is 1. The molecule has 0 spiro atoms. The summed E-state index contributed by atoms with van der Waals surface area (Å²) in [6, 6.07) is 19.2. The van der Waals surface area contributed by atoms with E-state index in [4.69, 9.17) is 22.3 Å². The highest BCUT2D eigenvalue weighted by Gasteiger charge is 2.29. The van der Waals surface area contributed by atoms with Gasteiger partial charge in [0.05, 0.1) is 16.8 Å². The van der Waals surface area contributed by atoms with E-state index in [9.17, 15) is 10.4 Å². The van der Waals surface area contributed by atoms with Gasteiger partial charge >= 0.3 is 0 Å². The van der Waals surface area contributed by atoms with E-state index in [1.807, 2.05) is 55.6 Å². The van der Waals surface area contributed by atoms with Crippen molar-refractivity contribution in [1.82, 2.24) is 4.98 Å². The van der Waals surface area contributed by atoms with E-state index in [0.29, 0.717) is 23.0 Å². The highest BCUT2D eigenvalue weighted by molar-refractivity contribution is 6.31. The van der Waals surface area contributed by atoms with Gasteiger partial charge in [-0.3, -0.25) is 4.98 Å². The number of phenols is 1. The summed E-state index contributed by atoms with van der Waals surface area (Å²) in [5, 5.41) is 21.6. The second kappa shape index (κ2) is 8.40. The van der Waals surface area contributed by atoms with Crippen LogP contribution in [0.5, 0.6) is 5.75 Å². The van der Waals surface area contributed by atoms with Gasteiger partial charge in [0.2, 0.25) is 0 Å². The fourth-order valence-electron chi connectivity index (χ4n) is 4.56. The van der Waals surface area contributed by atoms with Crippen molar-refractivity contribution < 1.29 is 5.11 Å². The molecule has 1 aliphatic rings. The minimum atomic E-state index is -0.0115. The summed E-state index contributed by atoms with van der Waals surface area (Å²) in [4.78, 5) is 7.07. The van der Waals surface area contributed by atoms with Gasteiger partial charge in [0.1, 0.15) is 11.8 Å². The number of nitrogens with zero attached hydrogens (tertiary/aromatic N) is 3. The van der Waals surface area contributed by atoms with Gasteiger partial charge in [0, 0.05) is 46.7 Å². The minimum absolute atomic E-state index is 0.0115. The van der Waals surface area contributed by atoms with Gasteiger partial charge in [0.25, 0.3) is 0 Å². The Labute approximate surface area is 197 Å². The zero-order valence-corrected chi connectivity index (χ0v) is 19.0. The maximum Gasteiger partial charge on any atom is 0.141 e. The molecule has 0 bridgehead atoms. The number of aryl methyl sites for hydroxylation is 1. The number of aromatic hydroxyl groups is 1. The molecule has 6 heteroatoms. The molecule has 4 aromatic rings. The molecule has 1 saturated heterocycles. The first-order valence-corrected chi connectivity index (χ1v) is 11.2. The third kappa shape index (κ3) is 3.78. The number of rotatable bonds is 4. The van der Waals surface area contributed by atoms with Crippen LogP contribution >= 0.6 is 11.6 Å². The fourth-order valence-corrected chi connectivity index (χ4v) is 4.85. The molecule has 1 fully saturated rings. The number of phenolic OH excluding ortho intramolecular Hbond substituents is 1. The summed E-state index contributed by atoms with van der Waals surface area (Å²) in [7, 11) is 0. The van der Waals surface area contributed by atoms with E-state index in [0.717, 1.165) is 51.9 Å². The van der Waals surface area contributed by atoms with Crippen molar-refractivity contribution in [2.45, 2.75) is 6.92 Å². The molecule has 164 valence electrons. The third-order valence-electron chi connectivity index (χ3n) is 6.27. The smallest absolute Gasteiger partial charge is 0.141 e. The van der Waals surface area contributed by atoms with Crippen molar-refractivity contribution in [2.75, 3.05) is 24.5 Å². The van der Waals surface area contributed by atoms with E-state index >= 15 is 0 Å². The van der Waals surface area contributed by atoms with Gasteiger partial charge in [-0.25, -0.2) is 0 Å². The molecule has 3 N–H and O–H groups in total. The SMILES string of the molecule is Cc1cc(Cl)cc(-c2cnc3ccc(-c4cccc(C#N)c4O)cc3c2N2CC(CN)C2)c1. The molecule has 0 aliphatic carbocycles. The first-order valence-electron chi connectivity index (χ1n) is 10.9. The number of hydrogen-bond donors (Lipinski definition) is 2. The van der Waals surface area contributed by atoms with E-state index in [2.05, 4.69) is 11.0 Å². The lowest BCUT2D eigenvalue weighted by Crippen LogP contribution is -2.50. The van der Waals surface area contributed by atoms with Crippen LogP contribution in [0.15, 0.2) is 60.8 Å². The number of hydrogen-bond acceptors (Lipinski definition) is 5. The van der Waals surface area contributed by atoms with E-state index in [1.54, 1.807) is 12.1 Å². The summed E-state index contributed by atoms with van der Waals surface area (Å²) >= 11 is 6.39. The third-order valence-corrected chi connectivity index (χ3v) is 6.49. The molecular formula is C27H23ClN4O. The van der Waals surface area contributed by atoms with Crippen LogP contribution in [0.4, 0.5) is 5.69 Å². The zero-order chi connectivity index (χ0) is 23.1. The van der Waals surface area contributed by atoms with Crippen LogP contribution in [-0.2, 0) is 0 Å². The van der Waals surface area contributed by atoms with Crippen LogP contribution in [0, 0.1) is 24.2 Å². The number of nitriles is 1. The molecule has 1 aliphatic heterocycles. The van der Waals surface area contributed by atoms with Crippen LogP contribution in [0.3, 0.4) is 0 Å². The lowest BCUT2D eigenvalue weighted by molar-refractivity contribution is 0.421. The summed E-state index contributed by atoms with van der Waals surface area (Å²) in [5.74, 6) is 0.448. The van der Waals surface area contributed by atoms with Crippen molar-refractivity contribution in [1.29, 1.82) is 5.26 Å². The fraction of sp³-hybridized carbons (Fsp3) is 0.185. The van der Waals surface area contributed by atoms with Gasteiger partial charge in [-0.1, -0.05) is 35.9 Å². The standard InChI is InChI=1S/C27H23ClN4O/c1-16-7-20(9-21(28)8-16)24-13-31-25-6-5-18(22-4-2-3-19(12-30)27(22)33)10-23(25)26(24)32-14-17(11-29)15-32/h2-10,13,17,33H,11,14-15,29H2,1H3. The Morgan fingerprint density at radius 3 is 2.67 bits per heavy atom. The quantitative estimate of drug-likeness (QED) is 0.425. The second-order valence-corrected chi connectivity index (χ2v) is 9.03. The van der Waals surface area contributed by atoms with Crippen molar-refractivity contribution >= 4 is 28.2 Å². The van der Waals surface area contributed by atoms with Crippen LogP contribution in [0.2, 0.25) is 5.02 Å². The topological polar surface area (TPSA) is 86.2 Å². The summed E-state index contributed by atoms with van der Waals surface area (Å²) in [6.07, 6.45) is 1.91. The average Bonchev–Trinajstić information content (AvgIpc) is 2.77. The number of anilines is 1. The monoisotopic (exact) mass is 454 g/mol. The molecule has 5 nitrogen and oxygen atoms in total. The maximum atomic E-state index is 10.6. The Bertz CT molecular complexity index is 1400. The number of benzene rings is 3. The number of fused-ring (bicyclic) bond motifs is 1. The van der Waals surface area contributed by atoms with E-state index in [-0.39, 0.29) is 11.3 Å². The lowest BCUT2D eigenvalue weighted by atomic mass is 9.92. The predicted molar refractivity (Wildman–Crippen MR) is 133 cm³/mol. The summed E-state index contributed by atoms with van der Waals surface area (Å²) in [5.41, 5.74) is 12.7. The van der Waals surface area contributed by atoms with Crippen LogP contribution in [0.1, 0.15) is 11.1 Å². The lowest BCUT2D eigenvalue weighted by Gasteiger charge is -2.42. The Hall–Kier alpha value is -3.59. The summed E-state index contributed by atoms with van der Waals surface area (Å²) < 4.78 is 0. The van der Waals surface area contributed by atoms with E-state index < -0.39 is 0 Å². The molecule has 0 unspecified atom stereocenters. The maximum absolute atomic E-state index is 10.6. The molecule has 0 atom stereocenters. The number of nitrogens with two attached hydrogens (primary N) is 1. The van der Waals surface area contributed by atoms with Gasteiger partial charge in [-0.05, 0) is 60.5 Å². The molecule has 2 heterocycles. The van der Waals surface area contributed by atoms with Gasteiger partial charge < -0.3 is 15.7 Å². The summed E-state index contributed by atoms with van der Waals surface area (Å²) in [6.45, 7) is 4.44. The average molecular weight is 455 g/mol. The molecule has 0 amide bonds. The van der Waals surface area contributed by atoms with Crippen LogP contribution < -0.4 is 10.6 Å². The first kappa shape index (κ1) is 21.3. The number of para-hydroxylation sites is 1. The van der Waals surface area contributed by atoms with Crippen molar-refractivity contribution in [3.05, 3.63) is 76.9 Å². The van der Waals surface area contributed by atoms with Gasteiger partial charge in [-0.15, -0.1) is 0 Å². The van der Waals surface area contributed by atoms with Crippen molar-refractivity contribution in [2.24, 2.45) is 11.7 Å². The highest BCUT2D eigenvalue weighted by Crippen LogP contribution is 2.42. The van der Waals surface area contributed by atoms with Crippen LogP contribution in [0.25, 0.3) is 33.2 Å². The largest absolute Gasteiger partial charge is 0.506 e. The Kier molecular flexibility index (Phi) is 5.41. The van der Waals surface area contributed by atoms with Gasteiger partial charge in [0.15, 0.2) is 0 Å². The molecule has 0 radical (unpaired) electrons. The highest BCUT2D eigenvalue weighted by atomic mass is 35.5. The normalized spacial score (nSPS) is 13.7. The molecule has 3 aromatic carbocycles. The van der Waals surface area contributed by atoms with Gasteiger partial charge in [-0.2, -0.15) is 5.26 Å². The molecule has 0 saturated carbocycles. The Morgan fingerprint density at radius 2 is 1.94 bits per heavy atom.